The maximum absolute atomic E-state index is 12.4. The van der Waals surface area contributed by atoms with E-state index in [4.69, 9.17) is 25.8 Å². The summed E-state index contributed by atoms with van der Waals surface area (Å²) in [5.74, 6) is 1.00. The molecule has 0 fully saturated rings. The fraction of sp³-hybridized carbons (Fsp3) is 0.188. The Balaban J connectivity index is 2.36. The number of halogens is 2. The third-order valence-corrected chi connectivity index (χ3v) is 3.92. The second-order valence-electron chi connectivity index (χ2n) is 4.49. The number of rotatable bonds is 5. The van der Waals surface area contributed by atoms with Gasteiger partial charge in [0.25, 0.3) is 5.91 Å². The average Bonchev–Trinajstić information content (AvgIpc) is 2.55. The molecule has 0 heterocycles. The summed E-state index contributed by atoms with van der Waals surface area (Å²) in [6, 6.07) is 8.35. The van der Waals surface area contributed by atoms with Gasteiger partial charge in [0.1, 0.15) is 0 Å². The fourth-order valence-corrected chi connectivity index (χ4v) is 2.59. The first kappa shape index (κ1) is 17.4. The van der Waals surface area contributed by atoms with Crippen LogP contribution in [0.4, 0.5) is 5.69 Å². The zero-order valence-electron chi connectivity index (χ0n) is 12.8. The fourth-order valence-electron chi connectivity index (χ4n) is 2.02. The maximum Gasteiger partial charge on any atom is 0.257 e. The van der Waals surface area contributed by atoms with Crippen molar-refractivity contribution in [2.45, 2.75) is 0 Å². The third-order valence-electron chi connectivity index (χ3n) is 3.10. The highest BCUT2D eigenvalue weighted by Crippen LogP contribution is 2.40. The van der Waals surface area contributed by atoms with Crippen LogP contribution in [-0.2, 0) is 0 Å². The second-order valence-corrected chi connectivity index (χ2v) is 5.82. The van der Waals surface area contributed by atoms with Crippen LogP contribution in [-0.4, -0.2) is 27.2 Å². The van der Waals surface area contributed by atoms with Gasteiger partial charge in [-0.3, -0.25) is 4.79 Å². The molecule has 0 aliphatic carbocycles. The first-order valence-corrected chi connectivity index (χ1v) is 7.73. The molecular weight excluding hydrogens is 386 g/mol. The van der Waals surface area contributed by atoms with Crippen molar-refractivity contribution in [2.24, 2.45) is 0 Å². The number of amides is 1. The molecule has 1 amide bonds. The van der Waals surface area contributed by atoms with Crippen molar-refractivity contribution in [3.63, 3.8) is 0 Å². The number of anilines is 1. The van der Waals surface area contributed by atoms with Crippen molar-refractivity contribution in [3.05, 3.63) is 45.4 Å². The molecule has 0 saturated heterocycles. The van der Waals surface area contributed by atoms with Gasteiger partial charge < -0.3 is 19.5 Å². The van der Waals surface area contributed by atoms with Crippen LogP contribution < -0.4 is 19.5 Å². The molecule has 122 valence electrons. The third kappa shape index (κ3) is 3.89. The van der Waals surface area contributed by atoms with Crippen molar-refractivity contribution >= 4 is 39.1 Å². The van der Waals surface area contributed by atoms with E-state index in [9.17, 15) is 4.79 Å². The van der Waals surface area contributed by atoms with Crippen LogP contribution in [0, 0.1) is 0 Å². The molecule has 2 aromatic carbocycles. The molecular formula is C16H15BrClNO4. The van der Waals surface area contributed by atoms with Crippen LogP contribution >= 0.6 is 27.5 Å². The highest BCUT2D eigenvalue weighted by atomic mass is 79.9. The van der Waals surface area contributed by atoms with Gasteiger partial charge in [-0.2, -0.15) is 0 Å². The largest absolute Gasteiger partial charge is 0.493 e. The molecule has 0 bridgehead atoms. The zero-order chi connectivity index (χ0) is 17.0. The lowest BCUT2D eigenvalue weighted by atomic mass is 10.2. The highest BCUT2D eigenvalue weighted by molar-refractivity contribution is 9.10. The summed E-state index contributed by atoms with van der Waals surface area (Å²) in [6.45, 7) is 0. The van der Waals surface area contributed by atoms with Crippen LogP contribution in [0.15, 0.2) is 34.8 Å². The second kappa shape index (κ2) is 7.57. The summed E-state index contributed by atoms with van der Waals surface area (Å²) in [7, 11) is 4.53. The quantitative estimate of drug-likeness (QED) is 0.809. The predicted octanol–water partition coefficient (Wildman–Crippen LogP) is 4.38. The van der Waals surface area contributed by atoms with Crippen molar-refractivity contribution < 1.29 is 19.0 Å². The number of hydrogen-bond donors (Lipinski definition) is 1. The molecule has 0 spiro atoms. The summed E-state index contributed by atoms with van der Waals surface area (Å²) >= 11 is 9.39. The van der Waals surface area contributed by atoms with E-state index >= 15 is 0 Å². The van der Waals surface area contributed by atoms with Gasteiger partial charge in [0.15, 0.2) is 11.5 Å². The SMILES string of the molecule is COc1cc(NC(=O)c2cc(Br)ccc2Cl)cc(OC)c1OC. The molecule has 0 aromatic heterocycles. The molecule has 0 atom stereocenters. The molecule has 23 heavy (non-hydrogen) atoms. The lowest BCUT2D eigenvalue weighted by molar-refractivity contribution is 0.102. The molecule has 7 heteroatoms. The summed E-state index contributed by atoms with van der Waals surface area (Å²) in [5.41, 5.74) is 0.857. The van der Waals surface area contributed by atoms with Gasteiger partial charge in [0.05, 0.1) is 31.9 Å². The summed E-state index contributed by atoms with van der Waals surface area (Å²) in [6.07, 6.45) is 0. The predicted molar refractivity (Wildman–Crippen MR) is 93.2 cm³/mol. The molecule has 0 saturated carbocycles. The van der Waals surface area contributed by atoms with E-state index in [0.717, 1.165) is 4.47 Å². The first-order valence-electron chi connectivity index (χ1n) is 6.56. The molecule has 2 aromatic rings. The normalized spacial score (nSPS) is 10.1. The van der Waals surface area contributed by atoms with Crippen LogP contribution in [0.5, 0.6) is 17.2 Å². The van der Waals surface area contributed by atoms with Gasteiger partial charge in [0, 0.05) is 22.3 Å². The van der Waals surface area contributed by atoms with Crippen LogP contribution in [0.1, 0.15) is 10.4 Å². The molecule has 0 aliphatic heterocycles. The van der Waals surface area contributed by atoms with Crippen LogP contribution in [0.25, 0.3) is 0 Å². The molecule has 1 N–H and O–H groups in total. The van der Waals surface area contributed by atoms with E-state index in [0.29, 0.717) is 33.5 Å². The first-order chi connectivity index (χ1) is 11.0. The Morgan fingerprint density at radius 2 is 1.65 bits per heavy atom. The molecule has 5 nitrogen and oxygen atoms in total. The van der Waals surface area contributed by atoms with Gasteiger partial charge in [-0.25, -0.2) is 0 Å². The van der Waals surface area contributed by atoms with Crippen molar-refractivity contribution in [3.8, 4) is 17.2 Å². The Kier molecular flexibility index (Phi) is 5.74. The number of nitrogens with one attached hydrogen (secondary N) is 1. The monoisotopic (exact) mass is 399 g/mol. The van der Waals surface area contributed by atoms with E-state index in [1.807, 2.05) is 0 Å². The smallest absolute Gasteiger partial charge is 0.257 e. The van der Waals surface area contributed by atoms with Crippen molar-refractivity contribution in [1.82, 2.24) is 0 Å². The minimum absolute atomic E-state index is 0.342. The topological polar surface area (TPSA) is 56.8 Å². The van der Waals surface area contributed by atoms with E-state index in [1.165, 1.54) is 21.3 Å². The minimum Gasteiger partial charge on any atom is -0.493 e. The van der Waals surface area contributed by atoms with Gasteiger partial charge in [-0.05, 0) is 18.2 Å². The molecule has 0 unspecified atom stereocenters. The molecule has 0 radical (unpaired) electrons. The van der Waals surface area contributed by atoms with Gasteiger partial charge >= 0.3 is 0 Å². The van der Waals surface area contributed by atoms with Gasteiger partial charge in [-0.1, -0.05) is 27.5 Å². The Labute approximate surface area is 147 Å². The maximum atomic E-state index is 12.4. The zero-order valence-corrected chi connectivity index (χ0v) is 15.1. The van der Waals surface area contributed by atoms with Gasteiger partial charge in [-0.15, -0.1) is 0 Å². The van der Waals surface area contributed by atoms with Crippen molar-refractivity contribution in [2.75, 3.05) is 26.6 Å². The number of methoxy groups -OCH3 is 3. The lowest BCUT2D eigenvalue weighted by Gasteiger charge is -2.15. The number of carbonyl (C=O) groups is 1. The average molecular weight is 401 g/mol. The number of ether oxygens (including phenoxy) is 3. The number of carbonyl (C=O) groups excluding carboxylic acids is 1. The van der Waals surface area contributed by atoms with Crippen LogP contribution in [0.2, 0.25) is 5.02 Å². The van der Waals surface area contributed by atoms with E-state index < -0.39 is 0 Å². The van der Waals surface area contributed by atoms with E-state index in [2.05, 4.69) is 21.2 Å². The van der Waals surface area contributed by atoms with E-state index in [-0.39, 0.29) is 5.91 Å². The highest BCUT2D eigenvalue weighted by Gasteiger charge is 2.16. The van der Waals surface area contributed by atoms with E-state index in [1.54, 1.807) is 30.3 Å². The van der Waals surface area contributed by atoms with Gasteiger partial charge in [0.2, 0.25) is 5.75 Å². The standard InChI is InChI=1S/C16H15BrClNO4/c1-21-13-7-10(8-14(22-2)15(13)23-3)19-16(20)11-6-9(17)4-5-12(11)18/h4-8H,1-3H3,(H,19,20). The Bertz CT molecular complexity index is 711. The Hall–Kier alpha value is -1.92. The molecule has 2 rings (SSSR count). The summed E-state index contributed by atoms with van der Waals surface area (Å²) in [5, 5.41) is 3.13. The van der Waals surface area contributed by atoms with Crippen LogP contribution in [0.3, 0.4) is 0 Å². The Morgan fingerprint density at radius 3 is 2.17 bits per heavy atom. The Morgan fingerprint density at radius 1 is 1.04 bits per heavy atom. The van der Waals surface area contributed by atoms with Crippen molar-refractivity contribution in [1.29, 1.82) is 0 Å². The molecule has 0 aliphatic rings. The summed E-state index contributed by atoms with van der Waals surface area (Å²) in [4.78, 5) is 12.4. The summed E-state index contributed by atoms with van der Waals surface area (Å²) < 4.78 is 16.5. The number of hydrogen-bond acceptors (Lipinski definition) is 4. The minimum atomic E-state index is -0.342. The lowest BCUT2D eigenvalue weighted by Crippen LogP contribution is -2.13. The number of benzene rings is 2.